The SMILES string of the molecule is CCN(CC)c1ccc(C(=O)N2CCN(c3ncccn3)CC2)nc1. The highest BCUT2D eigenvalue weighted by atomic mass is 16.2. The maximum Gasteiger partial charge on any atom is 0.272 e. The molecule has 0 aliphatic carbocycles. The standard InChI is InChI=1S/C18H24N6O/c1-3-22(4-2)15-6-7-16(21-14-15)17(25)23-10-12-24(13-11-23)18-19-8-5-9-20-18/h5-9,14H,3-4,10-13H2,1-2H3. The van der Waals surface area contributed by atoms with Crippen LogP contribution in [0.1, 0.15) is 24.3 Å². The minimum Gasteiger partial charge on any atom is -0.371 e. The van der Waals surface area contributed by atoms with Crippen LogP contribution in [0.3, 0.4) is 0 Å². The molecule has 3 rings (SSSR count). The van der Waals surface area contributed by atoms with Crippen LogP contribution in [0.4, 0.5) is 11.6 Å². The van der Waals surface area contributed by atoms with Crippen molar-refractivity contribution in [2.45, 2.75) is 13.8 Å². The molecule has 132 valence electrons. The number of carbonyl (C=O) groups is 1. The molecule has 1 aliphatic heterocycles. The number of anilines is 2. The minimum absolute atomic E-state index is 0.0141. The van der Waals surface area contributed by atoms with Gasteiger partial charge in [0.2, 0.25) is 5.95 Å². The lowest BCUT2D eigenvalue weighted by Crippen LogP contribution is -2.49. The summed E-state index contributed by atoms with van der Waals surface area (Å²) in [4.78, 5) is 31.7. The summed E-state index contributed by atoms with van der Waals surface area (Å²) in [6, 6.07) is 5.60. The fourth-order valence-electron chi connectivity index (χ4n) is 3.01. The monoisotopic (exact) mass is 340 g/mol. The van der Waals surface area contributed by atoms with Gasteiger partial charge in [0.1, 0.15) is 5.69 Å². The van der Waals surface area contributed by atoms with Crippen molar-refractivity contribution in [3.63, 3.8) is 0 Å². The molecule has 0 unspecified atom stereocenters. The van der Waals surface area contributed by atoms with Crippen molar-refractivity contribution in [2.24, 2.45) is 0 Å². The first-order valence-corrected chi connectivity index (χ1v) is 8.75. The summed E-state index contributed by atoms with van der Waals surface area (Å²) in [5.41, 5.74) is 1.55. The van der Waals surface area contributed by atoms with Crippen molar-refractivity contribution in [3.8, 4) is 0 Å². The van der Waals surface area contributed by atoms with E-state index in [-0.39, 0.29) is 5.91 Å². The molecule has 3 heterocycles. The molecule has 7 heteroatoms. The van der Waals surface area contributed by atoms with E-state index in [2.05, 4.69) is 38.6 Å². The van der Waals surface area contributed by atoms with Gasteiger partial charge in [0, 0.05) is 51.7 Å². The summed E-state index contributed by atoms with van der Waals surface area (Å²) in [6.45, 7) is 8.83. The average molecular weight is 340 g/mol. The highest BCUT2D eigenvalue weighted by Gasteiger charge is 2.24. The molecule has 1 aliphatic rings. The molecule has 0 N–H and O–H groups in total. The number of carbonyl (C=O) groups excluding carboxylic acids is 1. The quantitative estimate of drug-likeness (QED) is 0.825. The molecule has 25 heavy (non-hydrogen) atoms. The number of amides is 1. The van der Waals surface area contributed by atoms with Gasteiger partial charge in [0.25, 0.3) is 5.91 Å². The van der Waals surface area contributed by atoms with Crippen LogP contribution >= 0.6 is 0 Å². The van der Waals surface area contributed by atoms with Crippen LogP contribution in [0.15, 0.2) is 36.8 Å². The Labute approximate surface area is 148 Å². The Morgan fingerprint density at radius 2 is 1.72 bits per heavy atom. The van der Waals surface area contributed by atoms with Gasteiger partial charge in [-0.2, -0.15) is 0 Å². The minimum atomic E-state index is -0.0141. The van der Waals surface area contributed by atoms with Crippen LogP contribution < -0.4 is 9.80 Å². The van der Waals surface area contributed by atoms with Crippen LogP contribution in [-0.2, 0) is 0 Å². The molecule has 0 aromatic carbocycles. The van der Waals surface area contributed by atoms with E-state index in [1.54, 1.807) is 24.7 Å². The molecular weight excluding hydrogens is 316 g/mol. The third kappa shape index (κ3) is 3.87. The van der Waals surface area contributed by atoms with Gasteiger partial charge in [-0.3, -0.25) is 4.79 Å². The van der Waals surface area contributed by atoms with Gasteiger partial charge in [-0.25, -0.2) is 15.0 Å². The zero-order valence-corrected chi connectivity index (χ0v) is 14.8. The maximum atomic E-state index is 12.7. The van der Waals surface area contributed by atoms with Gasteiger partial charge < -0.3 is 14.7 Å². The molecule has 1 fully saturated rings. The van der Waals surface area contributed by atoms with E-state index in [1.165, 1.54) is 0 Å². The van der Waals surface area contributed by atoms with Gasteiger partial charge in [-0.05, 0) is 32.0 Å². The molecule has 0 saturated carbocycles. The predicted octanol–water partition coefficient (Wildman–Crippen LogP) is 1.68. The van der Waals surface area contributed by atoms with Crippen LogP contribution in [0.2, 0.25) is 0 Å². The molecule has 2 aromatic rings. The third-order valence-electron chi connectivity index (χ3n) is 4.50. The second-order valence-corrected chi connectivity index (χ2v) is 5.90. The van der Waals surface area contributed by atoms with Crippen molar-refractivity contribution in [1.29, 1.82) is 0 Å². The summed E-state index contributed by atoms with van der Waals surface area (Å²) >= 11 is 0. The van der Waals surface area contributed by atoms with Gasteiger partial charge in [0.05, 0.1) is 11.9 Å². The van der Waals surface area contributed by atoms with Gasteiger partial charge >= 0.3 is 0 Å². The lowest BCUT2D eigenvalue weighted by atomic mass is 10.2. The Hall–Kier alpha value is -2.70. The number of piperazine rings is 1. The normalized spacial score (nSPS) is 14.5. The Kier molecular flexibility index (Phi) is 5.42. The van der Waals surface area contributed by atoms with E-state index < -0.39 is 0 Å². The molecule has 7 nitrogen and oxygen atoms in total. The van der Waals surface area contributed by atoms with E-state index in [0.717, 1.165) is 37.8 Å². The van der Waals surface area contributed by atoms with E-state index in [0.29, 0.717) is 18.8 Å². The topological polar surface area (TPSA) is 65.5 Å². The Balaban J connectivity index is 1.61. The van der Waals surface area contributed by atoms with Crippen molar-refractivity contribution in [3.05, 3.63) is 42.5 Å². The van der Waals surface area contributed by atoms with E-state index in [4.69, 9.17) is 0 Å². The third-order valence-corrected chi connectivity index (χ3v) is 4.50. The Morgan fingerprint density at radius 1 is 1.04 bits per heavy atom. The van der Waals surface area contributed by atoms with Crippen LogP contribution in [-0.4, -0.2) is 65.0 Å². The highest BCUT2D eigenvalue weighted by Crippen LogP contribution is 2.15. The lowest BCUT2D eigenvalue weighted by molar-refractivity contribution is 0.0740. The maximum absolute atomic E-state index is 12.7. The van der Waals surface area contributed by atoms with E-state index in [9.17, 15) is 4.79 Å². The Morgan fingerprint density at radius 3 is 2.28 bits per heavy atom. The number of pyridine rings is 1. The smallest absolute Gasteiger partial charge is 0.272 e. The molecule has 0 bridgehead atoms. The number of nitrogens with zero attached hydrogens (tertiary/aromatic N) is 6. The zero-order chi connectivity index (χ0) is 17.6. The van der Waals surface area contributed by atoms with Gasteiger partial charge in [0.15, 0.2) is 0 Å². The molecular formula is C18H24N6O. The Bertz CT molecular complexity index is 678. The zero-order valence-electron chi connectivity index (χ0n) is 14.8. The van der Waals surface area contributed by atoms with Crippen LogP contribution in [0.5, 0.6) is 0 Å². The molecule has 1 saturated heterocycles. The first-order valence-electron chi connectivity index (χ1n) is 8.75. The number of rotatable bonds is 5. The summed E-state index contributed by atoms with van der Waals surface area (Å²) in [6.07, 6.45) is 5.26. The van der Waals surface area contributed by atoms with Crippen molar-refractivity contribution >= 4 is 17.5 Å². The summed E-state index contributed by atoms with van der Waals surface area (Å²) in [7, 11) is 0. The van der Waals surface area contributed by atoms with E-state index in [1.807, 2.05) is 17.0 Å². The number of hydrogen-bond acceptors (Lipinski definition) is 6. The second-order valence-electron chi connectivity index (χ2n) is 5.90. The first kappa shape index (κ1) is 17.1. The molecule has 2 aromatic heterocycles. The van der Waals surface area contributed by atoms with Crippen molar-refractivity contribution in [2.75, 3.05) is 49.1 Å². The average Bonchev–Trinajstić information content (AvgIpc) is 2.70. The van der Waals surface area contributed by atoms with Crippen molar-refractivity contribution < 1.29 is 4.79 Å². The highest BCUT2D eigenvalue weighted by molar-refractivity contribution is 5.92. The summed E-state index contributed by atoms with van der Waals surface area (Å²) in [5, 5.41) is 0. The largest absolute Gasteiger partial charge is 0.371 e. The molecule has 0 radical (unpaired) electrons. The summed E-state index contributed by atoms with van der Waals surface area (Å²) < 4.78 is 0. The summed E-state index contributed by atoms with van der Waals surface area (Å²) in [5.74, 6) is 0.705. The molecule has 1 amide bonds. The first-order chi connectivity index (χ1) is 12.2. The fourth-order valence-corrected chi connectivity index (χ4v) is 3.01. The number of aromatic nitrogens is 3. The van der Waals surface area contributed by atoms with Gasteiger partial charge in [-0.15, -0.1) is 0 Å². The van der Waals surface area contributed by atoms with E-state index >= 15 is 0 Å². The molecule has 0 atom stereocenters. The predicted molar refractivity (Wildman–Crippen MR) is 97.9 cm³/mol. The molecule has 0 spiro atoms. The van der Waals surface area contributed by atoms with Gasteiger partial charge in [-0.1, -0.05) is 0 Å². The second kappa shape index (κ2) is 7.92. The lowest BCUT2D eigenvalue weighted by Gasteiger charge is -2.34. The number of hydrogen-bond donors (Lipinski definition) is 0. The fraction of sp³-hybridized carbons (Fsp3) is 0.444. The van der Waals surface area contributed by atoms with Crippen LogP contribution in [0, 0.1) is 0 Å². The van der Waals surface area contributed by atoms with Crippen LogP contribution in [0.25, 0.3) is 0 Å². The van der Waals surface area contributed by atoms with Crippen molar-refractivity contribution in [1.82, 2.24) is 19.9 Å².